The first-order valence-corrected chi connectivity index (χ1v) is 9.59. The molecule has 1 heterocycles. The van der Waals surface area contributed by atoms with Crippen LogP contribution in [0.15, 0.2) is 41.2 Å². The number of hydrogen-bond donors (Lipinski definition) is 2. The van der Waals surface area contributed by atoms with E-state index in [0.29, 0.717) is 3.57 Å². The van der Waals surface area contributed by atoms with Gasteiger partial charge in [-0.25, -0.2) is 0 Å². The van der Waals surface area contributed by atoms with Crippen molar-refractivity contribution in [1.82, 2.24) is 4.98 Å². The van der Waals surface area contributed by atoms with Crippen LogP contribution in [0.2, 0.25) is 10.0 Å². The number of nitrogens with one attached hydrogen (secondary N) is 1. The molecule has 4 nitrogen and oxygen atoms in total. The zero-order chi connectivity index (χ0) is 21.5. The largest absolute Gasteiger partial charge is 0.506 e. The number of halogens is 6. The summed E-state index contributed by atoms with van der Waals surface area (Å²) in [6.07, 6.45) is -4.64. The molecule has 0 bridgehead atoms. The zero-order valence-corrected chi connectivity index (χ0v) is 17.7. The van der Waals surface area contributed by atoms with Crippen molar-refractivity contribution in [3.05, 3.63) is 71.5 Å². The van der Waals surface area contributed by atoms with Crippen LogP contribution in [-0.4, -0.2) is 10.1 Å². The van der Waals surface area contributed by atoms with Crippen LogP contribution >= 0.6 is 45.8 Å². The molecular weight excluding hydrogens is 543 g/mol. The van der Waals surface area contributed by atoms with Crippen LogP contribution in [0.1, 0.15) is 11.1 Å². The van der Waals surface area contributed by atoms with Gasteiger partial charge in [-0.2, -0.15) is 18.4 Å². The molecule has 0 radical (unpaired) electrons. The van der Waals surface area contributed by atoms with Crippen molar-refractivity contribution >= 4 is 45.8 Å². The van der Waals surface area contributed by atoms with Gasteiger partial charge in [-0.05, 0) is 59.0 Å². The highest BCUT2D eigenvalue weighted by Crippen LogP contribution is 2.39. The predicted octanol–water partition coefficient (Wildman–Crippen LogP) is 6.22. The third-order valence-corrected chi connectivity index (χ3v) is 5.42. The van der Waals surface area contributed by atoms with E-state index in [2.05, 4.69) is 4.98 Å². The van der Waals surface area contributed by atoms with Gasteiger partial charge in [0, 0.05) is 26.7 Å². The molecule has 0 saturated heterocycles. The van der Waals surface area contributed by atoms with Crippen LogP contribution in [0.25, 0.3) is 22.4 Å². The maximum absolute atomic E-state index is 13.1. The number of aromatic hydroxyl groups is 1. The molecule has 0 atom stereocenters. The third-order valence-electron chi connectivity index (χ3n) is 4.05. The Kier molecular flexibility index (Phi) is 5.85. The van der Waals surface area contributed by atoms with Gasteiger partial charge in [0.15, 0.2) is 0 Å². The maximum atomic E-state index is 13.1. The lowest BCUT2D eigenvalue weighted by Gasteiger charge is -2.14. The molecule has 10 heteroatoms. The standard InChI is InChI=1S/C19H8Cl2F3IN2O2/c20-9-4-12(17(28)15(25)5-9)16-6-10(13(7-26)18(29)27-16)11-3-8(19(22,23)24)1-2-14(11)21/h1-6,28H,(H,27,29). The highest BCUT2D eigenvalue weighted by molar-refractivity contribution is 14.1. The summed E-state index contributed by atoms with van der Waals surface area (Å²) in [5, 5.41) is 19.9. The number of H-pyrrole nitrogens is 1. The number of nitrogens with zero attached hydrogens (tertiary/aromatic N) is 1. The first kappa shape index (κ1) is 21.5. The lowest BCUT2D eigenvalue weighted by atomic mass is 9.97. The highest BCUT2D eigenvalue weighted by Gasteiger charge is 2.31. The summed E-state index contributed by atoms with van der Waals surface area (Å²) in [6.45, 7) is 0. The van der Waals surface area contributed by atoms with E-state index in [9.17, 15) is 28.3 Å². The average Bonchev–Trinajstić information content (AvgIpc) is 2.63. The molecule has 2 N–H and O–H groups in total. The van der Waals surface area contributed by atoms with Gasteiger partial charge in [0.2, 0.25) is 0 Å². The molecule has 3 aromatic rings. The minimum Gasteiger partial charge on any atom is -0.506 e. The van der Waals surface area contributed by atoms with Crippen LogP contribution in [-0.2, 0) is 6.18 Å². The van der Waals surface area contributed by atoms with Gasteiger partial charge < -0.3 is 10.1 Å². The molecule has 0 unspecified atom stereocenters. The molecule has 1 aromatic heterocycles. The molecule has 148 valence electrons. The molecule has 0 aliphatic rings. The number of pyridine rings is 1. The number of benzene rings is 2. The number of rotatable bonds is 2. The number of hydrogen-bond acceptors (Lipinski definition) is 3. The summed E-state index contributed by atoms with van der Waals surface area (Å²) in [5.41, 5.74) is -2.27. The Bertz CT molecular complexity index is 1230. The monoisotopic (exact) mass is 550 g/mol. The SMILES string of the molecule is N#Cc1c(-c2cc(C(F)(F)F)ccc2Cl)cc(-c2cc(Cl)cc(I)c2O)[nH]c1=O. The van der Waals surface area contributed by atoms with Crippen LogP contribution in [0.5, 0.6) is 5.75 Å². The zero-order valence-electron chi connectivity index (χ0n) is 14.0. The second-order valence-electron chi connectivity index (χ2n) is 5.89. The van der Waals surface area contributed by atoms with Crippen molar-refractivity contribution in [3.63, 3.8) is 0 Å². The van der Waals surface area contributed by atoms with Crippen LogP contribution in [0, 0.1) is 14.9 Å². The van der Waals surface area contributed by atoms with Crippen LogP contribution < -0.4 is 5.56 Å². The van der Waals surface area contributed by atoms with E-state index in [-0.39, 0.29) is 38.2 Å². The van der Waals surface area contributed by atoms with Crippen molar-refractivity contribution in [3.8, 4) is 34.2 Å². The molecule has 0 amide bonds. The predicted molar refractivity (Wildman–Crippen MR) is 112 cm³/mol. The fourth-order valence-corrected chi connectivity index (χ4v) is 3.96. The minimum absolute atomic E-state index is 0.0652. The van der Waals surface area contributed by atoms with Gasteiger partial charge in [0.25, 0.3) is 5.56 Å². The number of nitriles is 1. The lowest BCUT2D eigenvalue weighted by Crippen LogP contribution is -2.13. The third kappa shape index (κ3) is 4.22. The molecular formula is C19H8Cl2F3IN2O2. The van der Waals surface area contributed by atoms with Crippen molar-refractivity contribution in [1.29, 1.82) is 5.26 Å². The molecule has 0 saturated carbocycles. The van der Waals surface area contributed by atoms with Gasteiger partial charge >= 0.3 is 6.18 Å². The number of aromatic nitrogens is 1. The van der Waals surface area contributed by atoms with Crippen molar-refractivity contribution in [2.24, 2.45) is 0 Å². The summed E-state index contributed by atoms with van der Waals surface area (Å²) >= 11 is 13.9. The molecule has 0 spiro atoms. The highest BCUT2D eigenvalue weighted by atomic mass is 127. The number of aromatic amines is 1. The summed E-state index contributed by atoms with van der Waals surface area (Å²) in [7, 11) is 0. The summed E-state index contributed by atoms with van der Waals surface area (Å²) < 4.78 is 39.8. The van der Waals surface area contributed by atoms with E-state index in [4.69, 9.17) is 23.2 Å². The van der Waals surface area contributed by atoms with Gasteiger partial charge in [0.1, 0.15) is 17.4 Å². The molecule has 0 aliphatic heterocycles. The van der Waals surface area contributed by atoms with E-state index in [0.717, 1.165) is 18.2 Å². The Morgan fingerprint density at radius 3 is 2.38 bits per heavy atom. The van der Waals surface area contributed by atoms with Crippen molar-refractivity contribution in [2.75, 3.05) is 0 Å². The summed E-state index contributed by atoms with van der Waals surface area (Å²) in [6, 6.07) is 8.46. The molecule has 29 heavy (non-hydrogen) atoms. The van der Waals surface area contributed by atoms with Gasteiger partial charge in [-0.1, -0.05) is 23.2 Å². The van der Waals surface area contributed by atoms with Crippen molar-refractivity contribution in [2.45, 2.75) is 6.18 Å². The smallest absolute Gasteiger partial charge is 0.416 e. The fraction of sp³-hybridized carbons (Fsp3) is 0.0526. The van der Waals surface area contributed by atoms with Gasteiger partial charge in [-0.3, -0.25) is 4.79 Å². The Labute approximate surface area is 185 Å². The quantitative estimate of drug-likeness (QED) is 0.372. The average molecular weight is 551 g/mol. The number of phenols is 1. The topological polar surface area (TPSA) is 76.9 Å². The second-order valence-corrected chi connectivity index (χ2v) is 7.89. The Morgan fingerprint density at radius 1 is 1.07 bits per heavy atom. The Morgan fingerprint density at radius 2 is 1.76 bits per heavy atom. The first-order valence-electron chi connectivity index (χ1n) is 7.76. The Hall–Kier alpha value is -2.22. The Balaban J connectivity index is 2.35. The first-order chi connectivity index (χ1) is 13.5. The lowest BCUT2D eigenvalue weighted by molar-refractivity contribution is -0.137. The van der Waals surface area contributed by atoms with E-state index >= 15 is 0 Å². The minimum atomic E-state index is -4.64. The van der Waals surface area contributed by atoms with Crippen molar-refractivity contribution < 1.29 is 18.3 Å². The number of phenolic OH excluding ortho intramolecular Hbond substituents is 1. The van der Waals surface area contributed by atoms with Gasteiger partial charge in [-0.15, -0.1) is 0 Å². The second kappa shape index (κ2) is 7.89. The molecule has 0 aliphatic carbocycles. The van der Waals surface area contributed by atoms with Gasteiger partial charge in [0.05, 0.1) is 14.8 Å². The molecule has 2 aromatic carbocycles. The normalized spacial score (nSPS) is 11.3. The summed E-state index contributed by atoms with van der Waals surface area (Å²) in [5.74, 6) is -0.184. The van der Waals surface area contributed by atoms with E-state index < -0.39 is 22.9 Å². The fourth-order valence-electron chi connectivity index (χ4n) is 2.71. The molecule has 3 rings (SSSR count). The molecule has 0 fully saturated rings. The number of alkyl halides is 3. The van der Waals surface area contributed by atoms with E-state index in [1.165, 1.54) is 18.2 Å². The van der Waals surface area contributed by atoms with Crippen LogP contribution in [0.3, 0.4) is 0 Å². The van der Waals surface area contributed by atoms with E-state index in [1.807, 2.05) is 22.6 Å². The summed E-state index contributed by atoms with van der Waals surface area (Å²) in [4.78, 5) is 14.9. The van der Waals surface area contributed by atoms with Crippen LogP contribution in [0.4, 0.5) is 13.2 Å². The maximum Gasteiger partial charge on any atom is 0.416 e. The van der Waals surface area contributed by atoms with E-state index in [1.54, 1.807) is 6.07 Å².